The van der Waals surface area contributed by atoms with Crippen LogP contribution in [0.1, 0.15) is 29.7 Å². The number of nitrogens with zero attached hydrogens (tertiary/aromatic N) is 1. The zero-order valence-corrected chi connectivity index (χ0v) is 13.2. The van der Waals surface area contributed by atoms with Crippen molar-refractivity contribution in [1.82, 2.24) is 9.62 Å². The summed E-state index contributed by atoms with van der Waals surface area (Å²) in [4.78, 5) is 0. The van der Waals surface area contributed by atoms with Gasteiger partial charge >= 0.3 is 0 Å². The van der Waals surface area contributed by atoms with Crippen molar-refractivity contribution in [1.29, 1.82) is 0 Å². The van der Waals surface area contributed by atoms with Crippen LogP contribution in [0.5, 0.6) is 0 Å². The molecule has 1 rings (SSSR count). The highest BCUT2D eigenvalue weighted by Gasteiger charge is 2.14. The van der Waals surface area contributed by atoms with E-state index in [4.69, 9.17) is 0 Å². The Labute approximate surface area is 116 Å². The van der Waals surface area contributed by atoms with E-state index in [-0.39, 0.29) is 11.8 Å². The van der Waals surface area contributed by atoms with Gasteiger partial charge in [-0.05, 0) is 31.9 Å². The highest BCUT2D eigenvalue weighted by molar-refractivity contribution is 7.89. The summed E-state index contributed by atoms with van der Waals surface area (Å²) in [5, 5.41) is 3.26. The second kappa shape index (κ2) is 6.50. The third kappa shape index (κ3) is 4.60. The molecule has 0 radical (unpaired) electrons. The van der Waals surface area contributed by atoms with Crippen molar-refractivity contribution in [3.8, 4) is 0 Å². The molecule has 0 saturated heterocycles. The number of rotatable bonds is 6. The third-order valence-electron chi connectivity index (χ3n) is 3.26. The van der Waals surface area contributed by atoms with Gasteiger partial charge in [-0.2, -0.15) is 0 Å². The quantitative estimate of drug-likeness (QED) is 0.867. The van der Waals surface area contributed by atoms with Gasteiger partial charge in [-0.1, -0.05) is 23.8 Å². The maximum absolute atomic E-state index is 11.6. The van der Waals surface area contributed by atoms with Crippen molar-refractivity contribution < 1.29 is 8.42 Å². The van der Waals surface area contributed by atoms with E-state index >= 15 is 0 Å². The average Bonchev–Trinajstić information content (AvgIpc) is 2.28. The Morgan fingerprint density at radius 1 is 1.26 bits per heavy atom. The lowest BCUT2D eigenvalue weighted by Crippen LogP contribution is -2.32. The third-order valence-corrected chi connectivity index (χ3v) is 5.09. The molecule has 1 unspecified atom stereocenters. The molecular weight excluding hydrogens is 260 g/mol. The number of benzene rings is 1. The van der Waals surface area contributed by atoms with Gasteiger partial charge in [0.1, 0.15) is 0 Å². The predicted molar refractivity (Wildman–Crippen MR) is 79.8 cm³/mol. The van der Waals surface area contributed by atoms with Crippen molar-refractivity contribution >= 4 is 10.0 Å². The summed E-state index contributed by atoms with van der Waals surface area (Å²) in [7, 11) is -0.00523. The fraction of sp³-hybridized carbons (Fsp3) is 0.571. The second-order valence-electron chi connectivity index (χ2n) is 5.13. The Kier molecular flexibility index (Phi) is 5.52. The Bertz CT molecular complexity index is 524. The molecule has 5 heteroatoms. The van der Waals surface area contributed by atoms with Crippen molar-refractivity contribution in [2.45, 2.75) is 26.8 Å². The van der Waals surface area contributed by atoms with Gasteiger partial charge in [0.2, 0.25) is 10.0 Å². The lowest BCUT2D eigenvalue weighted by Gasteiger charge is -2.18. The monoisotopic (exact) mass is 284 g/mol. The van der Waals surface area contributed by atoms with E-state index in [0.29, 0.717) is 6.54 Å². The summed E-state index contributed by atoms with van der Waals surface area (Å²) in [6, 6.07) is 6.47. The molecule has 0 aliphatic heterocycles. The first-order valence-electron chi connectivity index (χ1n) is 6.45. The summed E-state index contributed by atoms with van der Waals surface area (Å²) in [6.45, 7) is 6.66. The molecule has 0 fully saturated rings. The van der Waals surface area contributed by atoms with E-state index in [1.165, 1.54) is 21.0 Å². The molecule has 0 amide bonds. The van der Waals surface area contributed by atoms with Crippen LogP contribution in [0.3, 0.4) is 0 Å². The Morgan fingerprint density at radius 2 is 1.89 bits per heavy atom. The molecule has 0 aliphatic rings. The van der Waals surface area contributed by atoms with Crippen molar-refractivity contribution in [2.24, 2.45) is 0 Å². The molecule has 1 atom stereocenters. The van der Waals surface area contributed by atoms with Gasteiger partial charge in [0.15, 0.2) is 0 Å². The summed E-state index contributed by atoms with van der Waals surface area (Å²) in [5.74, 6) is 0.120. The van der Waals surface area contributed by atoms with Crippen LogP contribution in [-0.2, 0) is 10.0 Å². The molecule has 4 nitrogen and oxygen atoms in total. The minimum absolute atomic E-state index is 0.120. The van der Waals surface area contributed by atoms with Crippen molar-refractivity contribution in [3.05, 3.63) is 34.9 Å². The first-order valence-corrected chi connectivity index (χ1v) is 8.05. The lowest BCUT2D eigenvalue weighted by atomic mass is 10.0. The number of hydrogen-bond acceptors (Lipinski definition) is 3. The maximum Gasteiger partial charge on any atom is 0.214 e. The number of sulfonamides is 1. The molecular formula is C14H24N2O2S. The van der Waals surface area contributed by atoms with Crippen LogP contribution in [0, 0.1) is 13.8 Å². The SMILES string of the molecule is Cc1ccc(C(C)NCCS(=O)(=O)N(C)C)c(C)c1. The number of nitrogens with one attached hydrogen (secondary N) is 1. The summed E-state index contributed by atoms with van der Waals surface area (Å²) in [6.07, 6.45) is 0. The largest absolute Gasteiger partial charge is 0.309 e. The topological polar surface area (TPSA) is 49.4 Å². The lowest BCUT2D eigenvalue weighted by molar-refractivity contribution is 0.512. The zero-order valence-electron chi connectivity index (χ0n) is 12.4. The number of hydrogen-bond donors (Lipinski definition) is 1. The Balaban J connectivity index is 2.59. The van der Waals surface area contributed by atoms with E-state index in [0.717, 1.165) is 0 Å². The van der Waals surface area contributed by atoms with Gasteiger partial charge in [0.25, 0.3) is 0 Å². The fourth-order valence-electron chi connectivity index (χ4n) is 2.01. The van der Waals surface area contributed by atoms with Gasteiger partial charge in [-0.15, -0.1) is 0 Å². The van der Waals surface area contributed by atoms with Crippen LogP contribution in [0.4, 0.5) is 0 Å². The molecule has 0 bridgehead atoms. The maximum atomic E-state index is 11.6. The van der Waals surface area contributed by atoms with Gasteiger partial charge in [0.05, 0.1) is 5.75 Å². The van der Waals surface area contributed by atoms with Crippen LogP contribution < -0.4 is 5.32 Å². The molecule has 1 N–H and O–H groups in total. The molecule has 19 heavy (non-hydrogen) atoms. The van der Waals surface area contributed by atoms with E-state index in [2.05, 4.69) is 44.3 Å². The molecule has 0 aliphatic carbocycles. The first-order chi connectivity index (χ1) is 8.74. The average molecular weight is 284 g/mol. The molecule has 0 saturated carbocycles. The first kappa shape index (κ1) is 16.1. The predicted octanol–water partition coefficient (Wildman–Crippen LogP) is 1.85. The number of aryl methyl sites for hydroxylation is 2. The highest BCUT2D eigenvalue weighted by Crippen LogP contribution is 2.18. The van der Waals surface area contributed by atoms with Gasteiger partial charge in [0, 0.05) is 26.7 Å². The van der Waals surface area contributed by atoms with Crippen LogP contribution in [-0.4, -0.2) is 39.1 Å². The molecule has 0 heterocycles. The minimum Gasteiger partial charge on any atom is -0.309 e. The standard InChI is InChI=1S/C14H24N2O2S/c1-11-6-7-14(12(2)10-11)13(3)15-8-9-19(17,18)16(4)5/h6-7,10,13,15H,8-9H2,1-5H3. The molecule has 1 aromatic rings. The fourth-order valence-corrected chi connectivity index (χ4v) is 2.75. The molecule has 1 aromatic carbocycles. The summed E-state index contributed by atoms with van der Waals surface area (Å²) in [5.41, 5.74) is 3.69. The smallest absolute Gasteiger partial charge is 0.214 e. The second-order valence-corrected chi connectivity index (χ2v) is 7.44. The zero-order chi connectivity index (χ0) is 14.6. The Morgan fingerprint density at radius 3 is 2.42 bits per heavy atom. The normalized spacial score (nSPS) is 13.8. The van der Waals surface area contributed by atoms with Gasteiger partial charge in [-0.25, -0.2) is 12.7 Å². The van der Waals surface area contributed by atoms with E-state index < -0.39 is 10.0 Å². The van der Waals surface area contributed by atoms with E-state index in [1.54, 1.807) is 14.1 Å². The minimum atomic E-state index is -3.12. The highest BCUT2D eigenvalue weighted by atomic mass is 32.2. The van der Waals surface area contributed by atoms with E-state index in [1.807, 2.05) is 0 Å². The summed E-state index contributed by atoms with van der Waals surface area (Å²) >= 11 is 0. The van der Waals surface area contributed by atoms with E-state index in [9.17, 15) is 8.42 Å². The van der Waals surface area contributed by atoms with Crippen LogP contribution >= 0.6 is 0 Å². The van der Waals surface area contributed by atoms with Crippen LogP contribution in [0.2, 0.25) is 0 Å². The van der Waals surface area contributed by atoms with Gasteiger partial charge < -0.3 is 5.32 Å². The van der Waals surface area contributed by atoms with Crippen molar-refractivity contribution in [3.63, 3.8) is 0 Å². The van der Waals surface area contributed by atoms with Gasteiger partial charge in [-0.3, -0.25) is 0 Å². The van der Waals surface area contributed by atoms with Crippen molar-refractivity contribution in [2.75, 3.05) is 26.4 Å². The van der Waals surface area contributed by atoms with Crippen LogP contribution in [0.15, 0.2) is 18.2 Å². The molecule has 0 spiro atoms. The Hall–Kier alpha value is -0.910. The summed E-state index contributed by atoms with van der Waals surface area (Å²) < 4.78 is 24.6. The molecule has 108 valence electrons. The van der Waals surface area contributed by atoms with Crippen LogP contribution in [0.25, 0.3) is 0 Å². The molecule has 0 aromatic heterocycles.